The zero-order valence-electron chi connectivity index (χ0n) is 10.9. The molecule has 6 nitrogen and oxygen atoms in total. The molecule has 0 saturated heterocycles. The van der Waals surface area contributed by atoms with Crippen molar-refractivity contribution in [2.24, 2.45) is 0 Å². The third kappa shape index (κ3) is 3.27. The van der Waals surface area contributed by atoms with E-state index in [1.807, 2.05) is 6.07 Å². The lowest BCUT2D eigenvalue weighted by Gasteiger charge is -2.12. The molecule has 0 heterocycles. The summed E-state index contributed by atoms with van der Waals surface area (Å²) in [6, 6.07) is 7.24. The monoisotopic (exact) mass is 362 g/mol. The lowest BCUT2D eigenvalue weighted by molar-refractivity contribution is -0.419. The van der Waals surface area contributed by atoms with Crippen LogP contribution in [0.4, 0.5) is 10.1 Å². The van der Waals surface area contributed by atoms with Gasteiger partial charge < -0.3 is 5.32 Å². The van der Waals surface area contributed by atoms with E-state index in [-0.39, 0.29) is 27.2 Å². The Hall–Kier alpha value is -2.79. The first-order valence-corrected chi connectivity index (χ1v) is 6.71. The molecule has 22 heavy (non-hydrogen) atoms. The van der Waals surface area contributed by atoms with Gasteiger partial charge in [-0.15, -0.1) is 0 Å². The van der Waals surface area contributed by atoms with Crippen LogP contribution in [-0.2, 0) is 0 Å². The van der Waals surface area contributed by atoms with Crippen molar-refractivity contribution in [3.8, 4) is 6.07 Å². The Balaban J connectivity index is 2.39. The first-order chi connectivity index (χ1) is 10.4. The maximum absolute atomic E-state index is 12.9. The van der Waals surface area contributed by atoms with E-state index in [2.05, 4.69) is 21.2 Å². The molecule has 2 N–H and O–H groups in total. The number of nitriles is 1. The van der Waals surface area contributed by atoms with Gasteiger partial charge in [0.2, 0.25) is 0 Å². The molecule has 0 atom stereocenters. The molecule has 0 radical (unpaired) electrons. The zero-order chi connectivity index (χ0) is 16.3. The van der Waals surface area contributed by atoms with Crippen LogP contribution in [-0.4, -0.2) is 10.6 Å². The highest BCUT2D eigenvalue weighted by Crippen LogP contribution is 2.27. The van der Waals surface area contributed by atoms with Crippen molar-refractivity contribution in [3.63, 3.8) is 0 Å². The smallest absolute Gasteiger partial charge is 0.285 e. The number of benzene rings is 1. The van der Waals surface area contributed by atoms with Crippen molar-refractivity contribution in [2.45, 2.75) is 0 Å². The molecule has 110 valence electrons. The standard InChI is InChI=1S/C14H8BrFN4O2/c15-11-5-10(12(18)6-14(11)20(21)22)13(7-17)19-9-3-1-8(16)2-4-9/h1-6,18-19H/b13-10-,18-12?. The van der Waals surface area contributed by atoms with Gasteiger partial charge in [-0.3, -0.25) is 15.5 Å². The fraction of sp³-hybridized carbons (Fsp3) is 0. The molecule has 2 rings (SSSR count). The number of nitro groups is 1. The van der Waals surface area contributed by atoms with Gasteiger partial charge in [0.05, 0.1) is 15.1 Å². The Morgan fingerprint density at radius 2 is 2.00 bits per heavy atom. The topological polar surface area (TPSA) is 103 Å². The van der Waals surface area contributed by atoms with Crippen LogP contribution >= 0.6 is 15.9 Å². The molecule has 1 aromatic carbocycles. The predicted molar refractivity (Wildman–Crippen MR) is 82.5 cm³/mol. The minimum atomic E-state index is -0.620. The molecule has 8 heteroatoms. The third-order valence-electron chi connectivity index (χ3n) is 2.78. The van der Waals surface area contributed by atoms with E-state index in [1.165, 1.54) is 30.3 Å². The van der Waals surface area contributed by atoms with Crippen LogP contribution in [0.2, 0.25) is 0 Å². The van der Waals surface area contributed by atoms with Crippen LogP contribution in [0.5, 0.6) is 0 Å². The van der Waals surface area contributed by atoms with Crippen molar-refractivity contribution in [3.05, 3.63) is 73.8 Å². The molecule has 0 amide bonds. The normalized spacial score (nSPS) is 16.3. The van der Waals surface area contributed by atoms with E-state index in [4.69, 9.17) is 5.41 Å². The Morgan fingerprint density at radius 1 is 1.36 bits per heavy atom. The van der Waals surface area contributed by atoms with E-state index in [0.29, 0.717) is 5.69 Å². The van der Waals surface area contributed by atoms with Gasteiger partial charge in [-0.25, -0.2) is 4.39 Å². The number of nitrogens with zero attached hydrogens (tertiary/aromatic N) is 2. The fourth-order valence-electron chi connectivity index (χ4n) is 1.74. The number of allylic oxidation sites excluding steroid dienone is 5. The second-order valence-corrected chi connectivity index (χ2v) is 5.08. The molecule has 0 bridgehead atoms. The number of rotatable bonds is 3. The molecular formula is C14H8BrFN4O2. The van der Waals surface area contributed by atoms with E-state index >= 15 is 0 Å². The summed E-state index contributed by atoms with van der Waals surface area (Å²) >= 11 is 3.05. The number of hydrogen-bond acceptors (Lipinski definition) is 5. The summed E-state index contributed by atoms with van der Waals surface area (Å²) in [5.41, 5.74) is 0.275. The van der Waals surface area contributed by atoms with Gasteiger partial charge in [-0.1, -0.05) is 0 Å². The van der Waals surface area contributed by atoms with Crippen LogP contribution in [0.15, 0.2) is 57.9 Å². The van der Waals surface area contributed by atoms with E-state index < -0.39 is 10.7 Å². The lowest BCUT2D eigenvalue weighted by Crippen LogP contribution is -2.13. The summed E-state index contributed by atoms with van der Waals surface area (Å²) in [7, 11) is 0. The Labute approximate surface area is 133 Å². The number of hydrogen-bond donors (Lipinski definition) is 2. The van der Waals surface area contributed by atoms with E-state index in [1.54, 1.807) is 0 Å². The minimum Gasteiger partial charge on any atom is -0.346 e. The van der Waals surface area contributed by atoms with Gasteiger partial charge in [-0.2, -0.15) is 5.26 Å². The number of halogens is 2. The lowest BCUT2D eigenvalue weighted by atomic mass is 10.0. The summed E-state index contributed by atoms with van der Waals surface area (Å²) < 4.78 is 13.0. The molecule has 0 unspecified atom stereocenters. The van der Waals surface area contributed by atoms with Crippen molar-refractivity contribution in [1.29, 1.82) is 10.7 Å². The van der Waals surface area contributed by atoms with E-state index in [0.717, 1.165) is 6.08 Å². The van der Waals surface area contributed by atoms with Gasteiger partial charge in [-0.05, 0) is 46.3 Å². The van der Waals surface area contributed by atoms with Gasteiger partial charge in [0.25, 0.3) is 5.70 Å². The summed E-state index contributed by atoms with van der Waals surface area (Å²) in [5.74, 6) is -0.414. The van der Waals surface area contributed by atoms with Crippen molar-refractivity contribution in [2.75, 3.05) is 5.32 Å². The minimum absolute atomic E-state index is 0.0345. The van der Waals surface area contributed by atoms with Crippen molar-refractivity contribution < 1.29 is 9.31 Å². The van der Waals surface area contributed by atoms with Gasteiger partial charge in [0.15, 0.2) is 0 Å². The molecule has 0 spiro atoms. The highest BCUT2D eigenvalue weighted by atomic mass is 79.9. The highest BCUT2D eigenvalue weighted by Gasteiger charge is 2.24. The van der Waals surface area contributed by atoms with Crippen LogP contribution in [0.1, 0.15) is 0 Å². The molecule has 0 fully saturated rings. The second-order valence-electron chi connectivity index (χ2n) is 4.23. The highest BCUT2D eigenvalue weighted by molar-refractivity contribution is 9.12. The average molecular weight is 363 g/mol. The quantitative estimate of drug-likeness (QED) is 0.487. The first-order valence-electron chi connectivity index (χ1n) is 5.92. The molecule has 0 aliphatic heterocycles. The molecule has 0 saturated carbocycles. The Kier molecular flexibility index (Phi) is 4.48. The maximum atomic E-state index is 12.9. The van der Waals surface area contributed by atoms with Gasteiger partial charge in [0, 0.05) is 17.3 Å². The molecule has 1 aromatic rings. The predicted octanol–water partition coefficient (Wildman–Crippen LogP) is 3.49. The number of anilines is 1. The summed E-state index contributed by atoms with van der Waals surface area (Å²) in [6.45, 7) is 0. The summed E-state index contributed by atoms with van der Waals surface area (Å²) in [6.07, 6.45) is 2.39. The molecule has 1 aliphatic carbocycles. The Bertz CT molecular complexity index is 788. The van der Waals surface area contributed by atoms with E-state index in [9.17, 15) is 19.8 Å². The maximum Gasteiger partial charge on any atom is 0.285 e. The Morgan fingerprint density at radius 3 is 2.55 bits per heavy atom. The SMILES string of the molecule is N#C/C(Nc1ccc(F)cc1)=C1\C=C(Br)C([N+](=O)[O-])=CC1=N. The first kappa shape index (κ1) is 15.6. The van der Waals surface area contributed by atoms with Crippen LogP contribution in [0.25, 0.3) is 0 Å². The largest absolute Gasteiger partial charge is 0.346 e. The van der Waals surface area contributed by atoms with Crippen molar-refractivity contribution in [1.82, 2.24) is 0 Å². The molecular weight excluding hydrogens is 355 g/mol. The number of nitrogens with one attached hydrogen (secondary N) is 2. The van der Waals surface area contributed by atoms with Crippen LogP contribution < -0.4 is 5.32 Å². The molecule has 0 aromatic heterocycles. The second kappa shape index (κ2) is 6.32. The molecule has 1 aliphatic rings. The van der Waals surface area contributed by atoms with Gasteiger partial charge >= 0.3 is 0 Å². The summed E-state index contributed by atoms with van der Waals surface area (Å²) in [5, 5.41) is 30.7. The zero-order valence-corrected chi connectivity index (χ0v) is 12.5. The van der Waals surface area contributed by atoms with Crippen LogP contribution in [0, 0.1) is 32.7 Å². The third-order valence-corrected chi connectivity index (χ3v) is 3.41. The fourth-order valence-corrected chi connectivity index (χ4v) is 2.23. The van der Waals surface area contributed by atoms with Gasteiger partial charge in [0.1, 0.15) is 17.6 Å². The average Bonchev–Trinajstić information content (AvgIpc) is 2.48. The van der Waals surface area contributed by atoms with Crippen molar-refractivity contribution >= 4 is 27.3 Å². The van der Waals surface area contributed by atoms with Crippen LogP contribution in [0.3, 0.4) is 0 Å². The summed E-state index contributed by atoms with van der Waals surface area (Å²) in [4.78, 5) is 10.2.